The van der Waals surface area contributed by atoms with Crippen molar-refractivity contribution in [3.05, 3.63) is 28.3 Å². The number of nitro groups is 1. The molecular formula is C11H10ClN3O3S. The second kappa shape index (κ2) is 5.50. The Labute approximate surface area is 117 Å². The Hall–Kier alpha value is -1.73. The van der Waals surface area contributed by atoms with Gasteiger partial charge in [0, 0.05) is 23.9 Å². The SMILES string of the molecule is CC(CCl)C(=O)Nc1nc2ccc([N+](=O)[O-])cc2s1. The fourth-order valence-electron chi connectivity index (χ4n) is 1.38. The second-order valence-electron chi connectivity index (χ2n) is 3.97. The van der Waals surface area contributed by atoms with Crippen LogP contribution in [0.2, 0.25) is 0 Å². The number of benzene rings is 1. The number of anilines is 1. The van der Waals surface area contributed by atoms with Gasteiger partial charge in [-0.1, -0.05) is 18.3 Å². The van der Waals surface area contributed by atoms with Gasteiger partial charge in [-0.3, -0.25) is 14.9 Å². The molecule has 0 bridgehead atoms. The van der Waals surface area contributed by atoms with Crippen LogP contribution in [0.1, 0.15) is 6.92 Å². The van der Waals surface area contributed by atoms with Crippen LogP contribution < -0.4 is 5.32 Å². The third-order valence-electron chi connectivity index (χ3n) is 2.49. The molecule has 1 aromatic carbocycles. The summed E-state index contributed by atoms with van der Waals surface area (Å²) in [6.45, 7) is 1.71. The van der Waals surface area contributed by atoms with Gasteiger partial charge < -0.3 is 5.32 Å². The van der Waals surface area contributed by atoms with Crippen LogP contribution in [0.4, 0.5) is 10.8 Å². The second-order valence-corrected chi connectivity index (χ2v) is 5.31. The Bertz CT molecular complexity index is 643. The number of hydrogen-bond donors (Lipinski definition) is 1. The number of carbonyl (C=O) groups excluding carboxylic acids is 1. The minimum atomic E-state index is -0.465. The number of alkyl halides is 1. The van der Waals surface area contributed by atoms with Crippen molar-refractivity contribution in [2.75, 3.05) is 11.2 Å². The highest BCUT2D eigenvalue weighted by atomic mass is 35.5. The fraction of sp³-hybridized carbons (Fsp3) is 0.273. The Kier molecular flexibility index (Phi) is 3.96. The van der Waals surface area contributed by atoms with Crippen LogP contribution in [-0.2, 0) is 4.79 Å². The molecule has 100 valence electrons. The van der Waals surface area contributed by atoms with Crippen molar-refractivity contribution in [3.8, 4) is 0 Å². The molecule has 2 aromatic rings. The Morgan fingerprint density at radius 3 is 3.00 bits per heavy atom. The normalized spacial score (nSPS) is 12.3. The summed E-state index contributed by atoms with van der Waals surface area (Å²) in [6.07, 6.45) is 0. The molecule has 2 rings (SSSR count). The van der Waals surface area contributed by atoms with Gasteiger partial charge in [0.15, 0.2) is 5.13 Å². The number of nitrogens with one attached hydrogen (secondary N) is 1. The number of carbonyl (C=O) groups is 1. The van der Waals surface area contributed by atoms with Gasteiger partial charge in [-0.25, -0.2) is 4.98 Å². The summed E-state index contributed by atoms with van der Waals surface area (Å²) in [5.41, 5.74) is 0.618. The molecule has 1 unspecified atom stereocenters. The van der Waals surface area contributed by atoms with Gasteiger partial charge in [-0.15, -0.1) is 11.6 Å². The maximum Gasteiger partial charge on any atom is 0.270 e. The molecule has 0 spiro atoms. The van der Waals surface area contributed by atoms with E-state index in [0.717, 1.165) is 0 Å². The van der Waals surface area contributed by atoms with Crippen molar-refractivity contribution in [1.29, 1.82) is 0 Å². The number of thiazole rings is 1. The summed E-state index contributed by atoms with van der Waals surface area (Å²) in [7, 11) is 0. The number of aromatic nitrogens is 1. The van der Waals surface area contributed by atoms with Gasteiger partial charge in [0.2, 0.25) is 5.91 Å². The van der Waals surface area contributed by atoms with Crippen LogP contribution in [0.3, 0.4) is 0 Å². The molecule has 0 radical (unpaired) electrons. The lowest BCUT2D eigenvalue weighted by molar-refractivity contribution is -0.384. The first-order valence-corrected chi connectivity index (χ1v) is 6.78. The summed E-state index contributed by atoms with van der Waals surface area (Å²) in [5.74, 6) is -0.311. The minimum absolute atomic E-state index is 0.00292. The molecule has 0 fully saturated rings. The molecule has 0 saturated carbocycles. The zero-order valence-corrected chi connectivity index (χ0v) is 11.5. The summed E-state index contributed by atoms with van der Waals surface area (Å²) in [4.78, 5) is 26.0. The molecule has 1 amide bonds. The number of hydrogen-bond acceptors (Lipinski definition) is 5. The minimum Gasteiger partial charge on any atom is -0.302 e. The van der Waals surface area contributed by atoms with Crippen molar-refractivity contribution < 1.29 is 9.72 Å². The number of fused-ring (bicyclic) bond motifs is 1. The fourth-order valence-corrected chi connectivity index (χ4v) is 2.42. The topological polar surface area (TPSA) is 85.1 Å². The molecule has 19 heavy (non-hydrogen) atoms. The highest BCUT2D eigenvalue weighted by Gasteiger charge is 2.15. The standard InChI is InChI=1S/C11H10ClN3O3S/c1-6(5-12)10(16)14-11-13-8-3-2-7(15(17)18)4-9(8)19-11/h2-4,6H,5H2,1H3,(H,13,14,16). The molecule has 0 aliphatic carbocycles. The van der Waals surface area contributed by atoms with Crippen molar-refractivity contribution in [2.45, 2.75) is 6.92 Å². The highest BCUT2D eigenvalue weighted by Crippen LogP contribution is 2.29. The van der Waals surface area contributed by atoms with Crippen LogP contribution in [-0.4, -0.2) is 21.7 Å². The molecule has 6 nitrogen and oxygen atoms in total. The van der Waals surface area contributed by atoms with E-state index >= 15 is 0 Å². The number of amides is 1. The average molecular weight is 300 g/mol. The van der Waals surface area contributed by atoms with Gasteiger partial charge in [0.1, 0.15) is 0 Å². The van der Waals surface area contributed by atoms with Crippen LogP contribution in [0.15, 0.2) is 18.2 Å². The molecular weight excluding hydrogens is 290 g/mol. The van der Waals surface area contributed by atoms with Crippen molar-refractivity contribution in [3.63, 3.8) is 0 Å². The Morgan fingerprint density at radius 1 is 1.63 bits per heavy atom. The van der Waals surface area contributed by atoms with E-state index in [9.17, 15) is 14.9 Å². The van der Waals surface area contributed by atoms with Crippen LogP contribution in [0.25, 0.3) is 10.2 Å². The number of rotatable bonds is 4. The van der Waals surface area contributed by atoms with Gasteiger partial charge in [-0.2, -0.15) is 0 Å². The maximum absolute atomic E-state index is 11.7. The number of nitrogens with zero attached hydrogens (tertiary/aromatic N) is 2. The van der Waals surface area contributed by atoms with Gasteiger partial charge in [-0.05, 0) is 6.07 Å². The van der Waals surface area contributed by atoms with Crippen molar-refractivity contribution in [1.82, 2.24) is 4.98 Å². The molecule has 1 aromatic heterocycles. The van der Waals surface area contributed by atoms with Crippen molar-refractivity contribution >= 4 is 49.9 Å². The van der Waals surface area contributed by atoms with Crippen molar-refractivity contribution in [2.24, 2.45) is 5.92 Å². The zero-order chi connectivity index (χ0) is 14.0. The first-order chi connectivity index (χ1) is 9.01. The third-order valence-corrected chi connectivity index (χ3v) is 3.89. The monoisotopic (exact) mass is 299 g/mol. The van der Waals surface area contributed by atoms with Crippen LogP contribution in [0, 0.1) is 16.0 Å². The van der Waals surface area contributed by atoms with Crippen LogP contribution in [0.5, 0.6) is 0 Å². The molecule has 0 aliphatic heterocycles. The summed E-state index contributed by atoms with van der Waals surface area (Å²) in [6, 6.07) is 4.38. The highest BCUT2D eigenvalue weighted by molar-refractivity contribution is 7.22. The lowest BCUT2D eigenvalue weighted by Crippen LogP contribution is -2.21. The Morgan fingerprint density at radius 2 is 2.37 bits per heavy atom. The summed E-state index contributed by atoms with van der Waals surface area (Å²) >= 11 is 6.79. The quantitative estimate of drug-likeness (QED) is 0.534. The Balaban J connectivity index is 2.26. The molecule has 1 atom stereocenters. The molecule has 1 heterocycles. The van der Waals surface area contributed by atoms with E-state index in [1.807, 2.05) is 0 Å². The first-order valence-electron chi connectivity index (χ1n) is 5.43. The lowest BCUT2D eigenvalue weighted by atomic mass is 10.2. The van der Waals surface area contributed by atoms with E-state index in [1.54, 1.807) is 13.0 Å². The van der Waals surface area contributed by atoms with Gasteiger partial charge in [0.25, 0.3) is 5.69 Å². The van der Waals surface area contributed by atoms with E-state index in [0.29, 0.717) is 15.3 Å². The molecule has 0 aliphatic rings. The number of nitro benzene ring substituents is 1. The lowest BCUT2D eigenvalue weighted by Gasteiger charge is -2.05. The smallest absolute Gasteiger partial charge is 0.270 e. The van der Waals surface area contributed by atoms with E-state index in [-0.39, 0.29) is 23.4 Å². The first kappa shape index (κ1) is 13.7. The molecule has 0 saturated heterocycles. The van der Waals surface area contributed by atoms with Gasteiger partial charge in [0.05, 0.1) is 15.1 Å². The van der Waals surface area contributed by atoms with Crippen LogP contribution >= 0.6 is 22.9 Å². The molecule has 1 N–H and O–H groups in total. The predicted octanol–water partition coefficient (Wildman–Crippen LogP) is 3.02. The van der Waals surface area contributed by atoms with Gasteiger partial charge >= 0.3 is 0 Å². The summed E-state index contributed by atoms with van der Waals surface area (Å²) in [5, 5.41) is 13.7. The largest absolute Gasteiger partial charge is 0.302 e. The van der Waals surface area contributed by atoms with E-state index in [1.165, 1.54) is 23.5 Å². The maximum atomic E-state index is 11.7. The number of non-ortho nitro benzene ring substituents is 1. The van der Waals surface area contributed by atoms with E-state index in [4.69, 9.17) is 11.6 Å². The number of halogens is 1. The predicted molar refractivity (Wildman–Crippen MR) is 74.8 cm³/mol. The van der Waals surface area contributed by atoms with E-state index < -0.39 is 4.92 Å². The third kappa shape index (κ3) is 2.99. The zero-order valence-electron chi connectivity index (χ0n) is 9.92. The average Bonchev–Trinajstić information content (AvgIpc) is 2.78. The molecule has 8 heteroatoms. The van der Waals surface area contributed by atoms with E-state index in [2.05, 4.69) is 10.3 Å². The summed E-state index contributed by atoms with van der Waals surface area (Å²) < 4.78 is 0.656.